The first-order valence-corrected chi connectivity index (χ1v) is 7.32. The average Bonchev–Trinajstić information content (AvgIpc) is 2.40. The second kappa shape index (κ2) is 5.46. The van der Waals surface area contributed by atoms with Crippen molar-refractivity contribution in [2.75, 3.05) is 10.5 Å². The van der Waals surface area contributed by atoms with Crippen molar-refractivity contribution in [2.24, 2.45) is 0 Å². The molecule has 7 heteroatoms. The Morgan fingerprint density at radius 2 is 1.70 bits per heavy atom. The highest BCUT2D eigenvalue weighted by Gasteiger charge is 2.18. The average molecular weight is 298 g/mol. The van der Waals surface area contributed by atoms with E-state index in [-0.39, 0.29) is 11.4 Å². The van der Waals surface area contributed by atoms with E-state index in [0.29, 0.717) is 5.56 Å². The van der Waals surface area contributed by atoms with E-state index in [4.69, 9.17) is 5.73 Å². The van der Waals surface area contributed by atoms with Gasteiger partial charge in [0.1, 0.15) is 5.69 Å². The molecule has 0 saturated carbocycles. The maximum absolute atomic E-state index is 13.5. The first kappa shape index (κ1) is 14.3. The molecule has 0 aromatic heterocycles. The Morgan fingerprint density at radius 1 is 1.05 bits per heavy atom. The van der Waals surface area contributed by atoms with Crippen LogP contribution in [-0.2, 0) is 15.8 Å². The Kier molecular flexibility index (Phi) is 3.89. The lowest BCUT2D eigenvalue weighted by Gasteiger charge is -2.11. The molecular formula is C13H12F2N2O2S. The molecular weight excluding hydrogens is 286 g/mol. The van der Waals surface area contributed by atoms with Gasteiger partial charge < -0.3 is 5.73 Å². The van der Waals surface area contributed by atoms with Crippen molar-refractivity contribution >= 4 is 21.4 Å². The van der Waals surface area contributed by atoms with Crippen molar-refractivity contribution in [3.8, 4) is 0 Å². The molecule has 4 nitrogen and oxygen atoms in total. The summed E-state index contributed by atoms with van der Waals surface area (Å²) in [5.41, 5.74) is 5.23. The third-order valence-electron chi connectivity index (χ3n) is 2.58. The molecule has 20 heavy (non-hydrogen) atoms. The maximum Gasteiger partial charge on any atom is 0.237 e. The van der Waals surface area contributed by atoms with Gasteiger partial charge in [0.2, 0.25) is 10.0 Å². The summed E-state index contributed by atoms with van der Waals surface area (Å²) < 4.78 is 52.5. The number of sulfonamides is 1. The highest BCUT2D eigenvalue weighted by atomic mass is 32.2. The summed E-state index contributed by atoms with van der Waals surface area (Å²) in [6.07, 6.45) is 0. The van der Waals surface area contributed by atoms with Crippen LogP contribution in [0.3, 0.4) is 0 Å². The van der Waals surface area contributed by atoms with E-state index in [1.54, 1.807) is 30.3 Å². The first-order chi connectivity index (χ1) is 9.39. The van der Waals surface area contributed by atoms with Gasteiger partial charge >= 0.3 is 0 Å². The van der Waals surface area contributed by atoms with Crippen LogP contribution in [0, 0.1) is 11.6 Å². The maximum atomic E-state index is 13.5. The molecule has 2 rings (SSSR count). The third-order valence-corrected chi connectivity index (χ3v) is 3.81. The van der Waals surface area contributed by atoms with E-state index >= 15 is 0 Å². The lowest BCUT2D eigenvalue weighted by molar-refractivity contribution is 0.512. The van der Waals surface area contributed by atoms with Gasteiger partial charge in [0.05, 0.1) is 11.4 Å². The molecule has 2 aromatic carbocycles. The first-order valence-electron chi connectivity index (χ1n) is 5.67. The van der Waals surface area contributed by atoms with Crippen molar-refractivity contribution in [3.05, 3.63) is 59.7 Å². The van der Waals surface area contributed by atoms with E-state index in [1.165, 1.54) is 0 Å². The van der Waals surface area contributed by atoms with Gasteiger partial charge in [-0.2, -0.15) is 0 Å². The summed E-state index contributed by atoms with van der Waals surface area (Å²) in [4.78, 5) is 0. The summed E-state index contributed by atoms with van der Waals surface area (Å²) in [7, 11) is -3.89. The van der Waals surface area contributed by atoms with E-state index in [0.717, 1.165) is 12.1 Å². The molecule has 0 amide bonds. The van der Waals surface area contributed by atoms with Crippen LogP contribution in [0.4, 0.5) is 20.2 Å². The largest absolute Gasteiger partial charge is 0.397 e. The quantitative estimate of drug-likeness (QED) is 0.852. The van der Waals surface area contributed by atoms with E-state index in [9.17, 15) is 17.2 Å². The summed E-state index contributed by atoms with van der Waals surface area (Å²) in [5.74, 6) is -2.85. The van der Waals surface area contributed by atoms with Gasteiger partial charge in [0.15, 0.2) is 11.6 Å². The molecule has 0 atom stereocenters. The molecule has 0 saturated heterocycles. The minimum Gasteiger partial charge on any atom is -0.397 e. The van der Waals surface area contributed by atoms with Crippen molar-refractivity contribution in [3.63, 3.8) is 0 Å². The smallest absolute Gasteiger partial charge is 0.237 e. The molecule has 106 valence electrons. The van der Waals surface area contributed by atoms with E-state index in [1.807, 2.05) is 4.72 Å². The van der Waals surface area contributed by atoms with Crippen LogP contribution in [0.2, 0.25) is 0 Å². The van der Waals surface area contributed by atoms with Gasteiger partial charge in [-0.05, 0) is 17.7 Å². The number of hydrogen-bond donors (Lipinski definition) is 2. The zero-order valence-corrected chi connectivity index (χ0v) is 11.1. The molecule has 0 unspecified atom stereocenters. The highest BCUT2D eigenvalue weighted by Crippen LogP contribution is 2.26. The predicted octanol–water partition coefficient (Wildman–Crippen LogP) is 2.49. The summed E-state index contributed by atoms with van der Waals surface area (Å²) >= 11 is 0. The fourth-order valence-corrected chi connectivity index (χ4v) is 2.88. The number of nitrogens with two attached hydrogens (primary N) is 1. The topological polar surface area (TPSA) is 72.2 Å². The molecule has 0 aliphatic carbocycles. The second-order valence-corrected chi connectivity index (χ2v) is 5.89. The molecule has 0 fully saturated rings. The Bertz CT molecular complexity index is 719. The summed E-state index contributed by atoms with van der Waals surface area (Å²) in [6, 6.07) is 10.3. The second-order valence-electron chi connectivity index (χ2n) is 4.17. The van der Waals surface area contributed by atoms with E-state index < -0.39 is 27.3 Å². The van der Waals surface area contributed by atoms with Crippen molar-refractivity contribution < 1.29 is 17.2 Å². The molecule has 0 heterocycles. The number of halogens is 2. The SMILES string of the molecule is Nc1ccc(F)c(F)c1NS(=O)(=O)Cc1ccccc1. The van der Waals surface area contributed by atoms with E-state index in [2.05, 4.69) is 0 Å². The Hall–Kier alpha value is -2.15. The molecule has 3 N–H and O–H groups in total. The Morgan fingerprint density at radius 3 is 2.35 bits per heavy atom. The number of nitrogen functional groups attached to an aromatic ring is 1. The van der Waals surface area contributed by atoms with Gasteiger partial charge in [-0.15, -0.1) is 0 Å². The Balaban J connectivity index is 2.28. The van der Waals surface area contributed by atoms with Crippen molar-refractivity contribution in [1.29, 1.82) is 0 Å². The minimum absolute atomic E-state index is 0.180. The normalized spacial score (nSPS) is 11.3. The molecule has 0 aliphatic rings. The lowest BCUT2D eigenvalue weighted by atomic mass is 10.2. The van der Waals surface area contributed by atoms with Gasteiger partial charge in [-0.3, -0.25) is 4.72 Å². The molecule has 0 aliphatic heterocycles. The van der Waals surface area contributed by atoms with Crippen LogP contribution in [0.15, 0.2) is 42.5 Å². The predicted molar refractivity (Wildman–Crippen MR) is 73.5 cm³/mol. The van der Waals surface area contributed by atoms with Crippen LogP contribution >= 0.6 is 0 Å². The van der Waals surface area contributed by atoms with Crippen molar-refractivity contribution in [2.45, 2.75) is 5.75 Å². The third kappa shape index (κ3) is 3.24. The van der Waals surface area contributed by atoms with Gasteiger partial charge in [-0.25, -0.2) is 17.2 Å². The van der Waals surface area contributed by atoms with Gasteiger partial charge in [-0.1, -0.05) is 30.3 Å². The van der Waals surface area contributed by atoms with Crippen molar-refractivity contribution in [1.82, 2.24) is 0 Å². The monoisotopic (exact) mass is 298 g/mol. The van der Waals surface area contributed by atoms with Crippen LogP contribution in [0.5, 0.6) is 0 Å². The van der Waals surface area contributed by atoms with Crippen LogP contribution < -0.4 is 10.5 Å². The number of anilines is 2. The van der Waals surface area contributed by atoms with Gasteiger partial charge in [0.25, 0.3) is 0 Å². The summed E-state index contributed by atoms with van der Waals surface area (Å²) in [5, 5.41) is 0. The molecule has 0 spiro atoms. The zero-order valence-electron chi connectivity index (χ0n) is 10.3. The fourth-order valence-electron chi connectivity index (χ4n) is 1.65. The van der Waals surface area contributed by atoms with Crippen LogP contribution in [0.25, 0.3) is 0 Å². The number of benzene rings is 2. The highest BCUT2D eigenvalue weighted by molar-refractivity contribution is 7.91. The minimum atomic E-state index is -3.89. The lowest BCUT2D eigenvalue weighted by Crippen LogP contribution is -2.17. The van der Waals surface area contributed by atoms with Gasteiger partial charge in [0, 0.05) is 0 Å². The molecule has 0 bridgehead atoms. The number of hydrogen-bond acceptors (Lipinski definition) is 3. The number of rotatable bonds is 4. The molecule has 0 radical (unpaired) electrons. The standard InChI is InChI=1S/C13H12F2N2O2S/c14-10-6-7-11(16)13(12(10)15)17-20(18,19)8-9-4-2-1-3-5-9/h1-7,17H,8,16H2. The fraction of sp³-hybridized carbons (Fsp3) is 0.0769. The van der Waals surface area contributed by atoms with Crippen LogP contribution in [-0.4, -0.2) is 8.42 Å². The Labute approximate surface area is 115 Å². The summed E-state index contributed by atoms with van der Waals surface area (Å²) in [6.45, 7) is 0. The van der Waals surface area contributed by atoms with Crippen LogP contribution in [0.1, 0.15) is 5.56 Å². The number of nitrogens with one attached hydrogen (secondary N) is 1. The zero-order chi connectivity index (χ0) is 14.8. The molecule has 2 aromatic rings.